The minimum absolute atomic E-state index is 0.0486. The molecule has 0 saturated carbocycles. The fourth-order valence-electron chi connectivity index (χ4n) is 1.24. The van der Waals surface area contributed by atoms with Crippen LogP contribution in [0.4, 0.5) is 0 Å². The van der Waals surface area contributed by atoms with Gasteiger partial charge in [0.05, 0.1) is 7.11 Å². The molecule has 0 saturated heterocycles. The quantitative estimate of drug-likeness (QED) is 0.593. The van der Waals surface area contributed by atoms with Crippen LogP contribution in [0.1, 0.15) is 19.4 Å². The third-order valence-corrected chi connectivity index (χ3v) is 2.11. The largest absolute Gasteiger partial charge is 0.508 e. The molecule has 1 aromatic rings. The second-order valence-corrected chi connectivity index (χ2v) is 3.64. The van der Waals surface area contributed by atoms with Gasteiger partial charge in [-0.2, -0.15) is 0 Å². The highest BCUT2D eigenvalue weighted by atomic mass is 16.5. The van der Waals surface area contributed by atoms with E-state index in [1.807, 2.05) is 19.9 Å². The van der Waals surface area contributed by atoms with Crippen molar-refractivity contribution in [1.82, 2.24) is 0 Å². The highest BCUT2D eigenvalue weighted by molar-refractivity contribution is 5.49. The summed E-state index contributed by atoms with van der Waals surface area (Å²) in [5, 5.41) is 19.2. The van der Waals surface area contributed by atoms with Crippen molar-refractivity contribution in [2.75, 3.05) is 7.11 Å². The number of methoxy groups -OCH3 is 1. The van der Waals surface area contributed by atoms with E-state index in [-0.39, 0.29) is 17.2 Å². The van der Waals surface area contributed by atoms with Crippen LogP contribution in [0.15, 0.2) is 23.8 Å². The van der Waals surface area contributed by atoms with E-state index in [0.29, 0.717) is 12.0 Å². The molecule has 0 spiro atoms. The number of hydrogen-bond donors (Lipinski definition) is 2. The second-order valence-electron chi connectivity index (χ2n) is 3.64. The predicted molar refractivity (Wildman–Crippen MR) is 59.5 cm³/mol. The smallest absolute Gasteiger partial charge is 0.164 e. The minimum atomic E-state index is 0.0486. The Hall–Kier alpha value is -1.64. The maximum Gasteiger partial charge on any atom is 0.164 e. The Morgan fingerprint density at radius 3 is 2.47 bits per heavy atom. The van der Waals surface area contributed by atoms with Crippen LogP contribution < -0.4 is 4.74 Å². The molecule has 0 aliphatic carbocycles. The van der Waals surface area contributed by atoms with Crippen LogP contribution in [0, 0.1) is 0 Å². The zero-order valence-corrected chi connectivity index (χ0v) is 9.24. The first-order valence-corrected chi connectivity index (χ1v) is 4.76. The Morgan fingerprint density at radius 2 is 1.93 bits per heavy atom. The van der Waals surface area contributed by atoms with E-state index in [4.69, 9.17) is 4.74 Å². The van der Waals surface area contributed by atoms with Crippen molar-refractivity contribution >= 4 is 0 Å². The summed E-state index contributed by atoms with van der Waals surface area (Å²) in [4.78, 5) is 0. The zero-order valence-electron chi connectivity index (χ0n) is 9.24. The lowest BCUT2D eigenvalue weighted by Gasteiger charge is -2.07. The molecule has 0 aliphatic rings. The van der Waals surface area contributed by atoms with Gasteiger partial charge in [0.1, 0.15) is 5.75 Å². The van der Waals surface area contributed by atoms with Crippen LogP contribution in [0.3, 0.4) is 0 Å². The van der Waals surface area contributed by atoms with Gasteiger partial charge in [-0.15, -0.1) is 0 Å². The molecule has 0 aromatic heterocycles. The molecule has 15 heavy (non-hydrogen) atoms. The van der Waals surface area contributed by atoms with Crippen LogP contribution in [0.2, 0.25) is 0 Å². The van der Waals surface area contributed by atoms with Gasteiger partial charge < -0.3 is 14.9 Å². The fraction of sp³-hybridized carbons (Fsp3) is 0.333. The SMILES string of the molecule is COc1cc(O)c(CC=C(C)C)cc1O. The Labute approximate surface area is 89.6 Å². The molecule has 1 aromatic carbocycles. The third kappa shape index (κ3) is 2.91. The summed E-state index contributed by atoms with van der Waals surface area (Å²) in [5.41, 5.74) is 1.86. The lowest BCUT2D eigenvalue weighted by atomic mass is 10.1. The van der Waals surface area contributed by atoms with E-state index in [1.165, 1.54) is 24.8 Å². The molecule has 1 rings (SSSR count). The lowest BCUT2D eigenvalue weighted by molar-refractivity contribution is 0.367. The summed E-state index contributed by atoms with van der Waals surface area (Å²) in [6.45, 7) is 3.97. The number of phenols is 2. The van der Waals surface area contributed by atoms with Gasteiger partial charge in [-0.1, -0.05) is 11.6 Å². The summed E-state index contributed by atoms with van der Waals surface area (Å²) in [7, 11) is 1.45. The van der Waals surface area contributed by atoms with E-state index >= 15 is 0 Å². The van der Waals surface area contributed by atoms with Crippen molar-refractivity contribution in [3.8, 4) is 17.2 Å². The van der Waals surface area contributed by atoms with Crippen molar-refractivity contribution in [3.63, 3.8) is 0 Å². The van der Waals surface area contributed by atoms with Crippen molar-refractivity contribution in [2.24, 2.45) is 0 Å². The molecule has 0 heterocycles. The molecule has 3 heteroatoms. The van der Waals surface area contributed by atoms with Crippen molar-refractivity contribution in [1.29, 1.82) is 0 Å². The highest BCUT2D eigenvalue weighted by Crippen LogP contribution is 2.33. The number of hydrogen-bond acceptors (Lipinski definition) is 3. The molecular weight excluding hydrogens is 192 g/mol. The molecule has 0 radical (unpaired) electrons. The lowest BCUT2D eigenvalue weighted by Crippen LogP contribution is -1.88. The minimum Gasteiger partial charge on any atom is -0.508 e. The average Bonchev–Trinajstić information content (AvgIpc) is 2.18. The molecule has 0 fully saturated rings. The summed E-state index contributed by atoms with van der Waals surface area (Å²) in [5.74, 6) is 0.475. The van der Waals surface area contributed by atoms with E-state index in [1.54, 1.807) is 0 Å². The standard InChI is InChI=1S/C12H16O3/c1-8(2)4-5-9-6-11(14)12(15-3)7-10(9)13/h4,6-7,13-14H,5H2,1-3H3. The Bertz CT molecular complexity index is 377. The van der Waals surface area contributed by atoms with E-state index in [2.05, 4.69) is 0 Å². The van der Waals surface area contributed by atoms with Crippen LogP contribution >= 0.6 is 0 Å². The first kappa shape index (κ1) is 11.4. The maximum absolute atomic E-state index is 9.64. The molecule has 0 atom stereocenters. The van der Waals surface area contributed by atoms with Gasteiger partial charge in [0, 0.05) is 11.6 Å². The molecule has 0 unspecified atom stereocenters. The Kier molecular flexibility index (Phi) is 3.61. The molecule has 3 nitrogen and oxygen atoms in total. The van der Waals surface area contributed by atoms with Gasteiger partial charge in [-0.05, 0) is 26.3 Å². The van der Waals surface area contributed by atoms with Gasteiger partial charge >= 0.3 is 0 Å². The van der Waals surface area contributed by atoms with Crippen LogP contribution in [-0.2, 0) is 6.42 Å². The number of phenolic OH excluding ortho intramolecular Hbond substituents is 2. The molecule has 82 valence electrons. The van der Waals surface area contributed by atoms with Crippen LogP contribution in [-0.4, -0.2) is 17.3 Å². The normalized spacial score (nSPS) is 9.80. The van der Waals surface area contributed by atoms with Crippen molar-refractivity contribution in [2.45, 2.75) is 20.3 Å². The number of rotatable bonds is 3. The monoisotopic (exact) mass is 208 g/mol. The predicted octanol–water partition coefficient (Wildman–Crippen LogP) is 2.62. The van der Waals surface area contributed by atoms with E-state index in [0.717, 1.165) is 0 Å². The fourth-order valence-corrected chi connectivity index (χ4v) is 1.24. The van der Waals surface area contributed by atoms with E-state index in [9.17, 15) is 10.2 Å². The number of allylic oxidation sites excluding steroid dienone is 2. The van der Waals surface area contributed by atoms with Gasteiger partial charge in [-0.25, -0.2) is 0 Å². The number of aromatic hydroxyl groups is 2. The highest BCUT2D eigenvalue weighted by Gasteiger charge is 2.07. The first-order valence-electron chi connectivity index (χ1n) is 4.76. The third-order valence-electron chi connectivity index (χ3n) is 2.11. The first-order chi connectivity index (χ1) is 7.04. The van der Waals surface area contributed by atoms with Crippen molar-refractivity contribution < 1.29 is 14.9 Å². The van der Waals surface area contributed by atoms with Gasteiger partial charge in [-0.3, -0.25) is 0 Å². The topological polar surface area (TPSA) is 49.7 Å². The number of ether oxygens (including phenoxy) is 1. The maximum atomic E-state index is 9.64. The average molecular weight is 208 g/mol. The molecule has 2 N–H and O–H groups in total. The summed E-state index contributed by atoms with van der Waals surface area (Å²) < 4.78 is 4.88. The molecule has 0 amide bonds. The Morgan fingerprint density at radius 1 is 1.27 bits per heavy atom. The molecule has 0 bridgehead atoms. The second kappa shape index (κ2) is 4.73. The van der Waals surface area contributed by atoms with Gasteiger partial charge in [0.25, 0.3) is 0 Å². The van der Waals surface area contributed by atoms with Crippen molar-refractivity contribution in [3.05, 3.63) is 29.3 Å². The summed E-state index contributed by atoms with van der Waals surface area (Å²) in [6, 6.07) is 2.94. The van der Waals surface area contributed by atoms with E-state index < -0.39 is 0 Å². The Balaban J connectivity index is 3.00. The summed E-state index contributed by atoms with van der Waals surface area (Å²) in [6.07, 6.45) is 2.59. The van der Waals surface area contributed by atoms with Gasteiger partial charge in [0.2, 0.25) is 0 Å². The van der Waals surface area contributed by atoms with Gasteiger partial charge in [0.15, 0.2) is 11.5 Å². The number of benzene rings is 1. The summed E-state index contributed by atoms with van der Waals surface area (Å²) >= 11 is 0. The molecule has 0 aliphatic heterocycles. The van der Waals surface area contributed by atoms with Crippen LogP contribution in [0.5, 0.6) is 17.2 Å². The zero-order chi connectivity index (χ0) is 11.4. The van der Waals surface area contributed by atoms with Crippen LogP contribution in [0.25, 0.3) is 0 Å². The molecular formula is C12H16O3.